The first-order valence-corrected chi connectivity index (χ1v) is 9.81. The van der Waals surface area contributed by atoms with Crippen LogP contribution in [0.3, 0.4) is 0 Å². The number of anilines is 2. The van der Waals surface area contributed by atoms with Crippen molar-refractivity contribution in [3.05, 3.63) is 29.8 Å². The van der Waals surface area contributed by atoms with Gasteiger partial charge in [-0.05, 0) is 50.3 Å². The lowest BCUT2D eigenvalue weighted by Crippen LogP contribution is -2.47. The Morgan fingerprint density at radius 3 is 2.96 bits per heavy atom. The number of amides is 1. The molecule has 1 aromatic heterocycles. The molecule has 25 heavy (non-hydrogen) atoms. The van der Waals surface area contributed by atoms with Gasteiger partial charge in [0.25, 0.3) is 0 Å². The summed E-state index contributed by atoms with van der Waals surface area (Å²) in [5.74, 6) is 0.353. The van der Waals surface area contributed by atoms with E-state index in [1.165, 1.54) is 23.1 Å². The number of benzene rings is 1. The van der Waals surface area contributed by atoms with Crippen molar-refractivity contribution in [1.29, 1.82) is 5.26 Å². The van der Waals surface area contributed by atoms with Gasteiger partial charge in [0, 0.05) is 5.69 Å². The maximum absolute atomic E-state index is 12.1. The molecule has 1 aromatic carbocycles. The third-order valence-corrected chi connectivity index (χ3v) is 6.00. The van der Waals surface area contributed by atoms with Crippen LogP contribution in [0.15, 0.2) is 28.6 Å². The average Bonchev–Trinajstić information content (AvgIpc) is 3.35. The molecule has 0 unspecified atom stereocenters. The summed E-state index contributed by atoms with van der Waals surface area (Å²) < 4.78 is 0.718. The number of aromatic nitrogens is 2. The smallest absolute Gasteiger partial charge is 0.231 e. The van der Waals surface area contributed by atoms with Gasteiger partial charge in [0.15, 0.2) is 4.34 Å². The third kappa shape index (κ3) is 4.71. The van der Waals surface area contributed by atoms with Crippen molar-refractivity contribution >= 4 is 39.8 Å². The molecule has 0 aliphatic heterocycles. The van der Waals surface area contributed by atoms with Crippen LogP contribution in [0.5, 0.6) is 0 Å². The van der Waals surface area contributed by atoms with Gasteiger partial charge >= 0.3 is 0 Å². The highest BCUT2D eigenvalue weighted by Crippen LogP contribution is 2.39. The summed E-state index contributed by atoms with van der Waals surface area (Å²) in [7, 11) is 0. The highest BCUT2D eigenvalue weighted by Gasteiger charge is 2.42. The molecule has 1 amide bonds. The summed E-state index contributed by atoms with van der Waals surface area (Å²) in [4.78, 5) is 12.1. The van der Waals surface area contributed by atoms with E-state index in [0.29, 0.717) is 5.13 Å². The standard InChI is InChI=1S/C17H19N5OS2/c1-11-4-3-5-13(8-11)19-15-21-22-16(25-15)24-9-14(23)20-17(2,10-18)12-6-7-12/h3-5,8,12H,6-7,9H2,1-2H3,(H,19,21)(H,20,23)/t17-/m1/s1. The van der Waals surface area contributed by atoms with Crippen molar-refractivity contribution < 1.29 is 4.79 Å². The van der Waals surface area contributed by atoms with Crippen LogP contribution in [0, 0.1) is 24.2 Å². The van der Waals surface area contributed by atoms with E-state index in [-0.39, 0.29) is 17.6 Å². The number of nitrogens with zero attached hydrogens (tertiary/aromatic N) is 3. The fourth-order valence-electron chi connectivity index (χ4n) is 2.50. The van der Waals surface area contributed by atoms with Crippen LogP contribution in [-0.4, -0.2) is 27.4 Å². The number of hydrogen-bond donors (Lipinski definition) is 2. The highest BCUT2D eigenvalue weighted by molar-refractivity contribution is 8.01. The van der Waals surface area contributed by atoms with Gasteiger partial charge in [-0.3, -0.25) is 4.79 Å². The second kappa shape index (κ2) is 7.42. The molecule has 1 aliphatic rings. The third-order valence-electron chi connectivity index (χ3n) is 4.03. The molecule has 1 atom stereocenters. The first-order chi connectivity index (χ1) is 12.0. The van der Waals surface area contributed by atoms with Gasteiger partial charge in [0.2, 0.25) is 11.0 Å². The molecule has 8 heteroatoms. The van der Waals surface area contributed by atoms with Crippen LogP contribution in [0.1, 0.15) is 25.3 Å². The molecule has 3 rings (SSSR count). The molecule has 130 valence electrons. The minimum atomic E-state index is -0.753. The quantitative estimate of drug-likeness (QED) is 0.722. The second-order valence-electron chi connectivity index (χ2n) is 6.29. The van der Waals surface area contributed by atoms with Gasteiger partial charge < -0.3 is 10.6 Å². The Labute approximate surface area is 155 Å². The number of hydrogen-bond acceptors (Lipinski definition) is 7. The predicted molar refractivity (Wildman–Crippen MR) is 100.0 cm³/mol. The van der Waals surface area contributed by atoms with E-state index in [4.69, 9.17) is 0 Å². The predicted octanol–water partition coefficient (Wildman–Crippen LogP) is 3.49. The minimum Gasteiger partial charge on any atom is -0.337 e. The van der Waals surface area contributed by atoms with Crippen molar-refractivity contribution in [2.24, 2.45) is 5.92 Å². The van der Waals surface area contributed by atoms with E-state index >= 15 is 0 Å². The Morgan fingerprint density at radius 1 is 1.48 bits per heavy atom. The maximum Gasteiger partial charge on any atom is 0.231 e. The topological polar surface area (TPSA) is 90.7 Å². The van der Waals surface area contributed by atoms with Crippen molar-refractivity contribution in [3.8, 4) is 6.07 Å². The summed E-state index contributed by atoms with van der Waals surface area (Å²) in [6, 6.07) is 10.2. The Kier molecular flexibility index (Phi) is 5.25. The Hall–Kier alpha value is -2.11. The van der Waals surface area contributed by atoms with Crippen molar-refractivity contribution in [3.63, 3.8) is 0 Å². The summed E-state index contributed by atoms with van der Waals surface area (Å²) in [6.07, 6.45) is 2.00. The zero-order chi connectivity index (χ0) is 17.9. The van der Waals surface area contributed by atoms with Gasteiger partial charge in [0.1, 0.15) is 5.54 Å². The van der Waals surface area contributed by atoms with Gasteiger partial charge in [-0.2, -0.15) is 5.26 Å². The number of rotatable bonds is 7. The molecule has 0 bridgehead atoms. The molecule has 1 fully saturated rings. The molecule has 0 spiro atoms. The van der Waals surface area contributed by atoms with Crippen LogP contribution in [0.25, 0.3) is 0 Å². The molecular weight excluding hydrogens is 354 g/mol. The fourth-order valence-corrected chi connectivity index (χ4v) is 4.07. The number of thioether (sulfide) groups is 1. The number of aryl methyl sites for hydroxylation is 1. The minimum absolute atomic E-state index is 0.149. The van der Waals surface area contributed by atoms with Crippen LogP contribution in [0.4, 0.5) is 10.8 Å². The fraction of sp³-hybridized carbons (Fsp3) is 0.412. The van der Waals surface area contributed by atoms with Crippen LogP contribution >= 0.6 is 23.1 Å². The van der Waals surface area contributed by atoms with E-state index < -0.39 is 5.54 Å². The molecule has 0 radical (unpaired) electrons. The Bertz CT molecular complexity index is 811. The van der Waals surface area contributed by atoms with E-state index in [1.807, 2.05) is 31.2 Å². The molecule has 0 saturated heterocycles. The van der Waals surface area contributed by atoms with Gasteiger partial charge in [-0.1, -0.05) is 35.2 Å². The monoisotopic (exact) mass is 373 g/mol. The van der Waals surface area contributed by atoms with Crippen molar-refractivity contribution in [1.82, 2.24) is 15.5 Å². The summed E-state index contributed by atoms with van der Waals surface area (Å²) in [5.41, 5.74) is 1.37. The Balaban J connectivity index is 1.51. The zero-order valence-corrected chi connectivity index (χ0v) is 15.7. The van der Waals surface area contributed by atoms with Crippen molar-refractivity contribution in [2.75, 3.05) is 11.1 Å². The van der Waals surface area contributed by atoms with Crippen molar-refractivity contribution in [2.45, 2.75) is 36.6 Å². The van der Waals surface area contributed by atoms with Gasteiger partial charge in [-0.25, -0.2) is 0 Å². The molecule has 1 heterocycles. The summed E-state index contributed by atoms with van der Waals surface area (Å²) in [5, 5.41) is 24.2. The molecule has 1 saturated carbocycles. The largest absolute Gasteiger partial charge is 0.337 e. The van der Waals surface area contributed by atoms with E-state index in [1.54, 1.807) is 6.92 Å². The van der Waals surface area contributed by atoms with E-state index in [0.717, 1.165) is 28.4 Å². The van der Waals surface area contributed by atoms with Crippen LogP contribution in [0.2, 0.25) is 0 Å². The molecular formula is C17H19N5OS2. The number of nitriles is 1. The molecule has 2 N–H and O–H groups in total. The SMILES string of the molecule is Cc1cccc(Nc2nnc(SCC(=O)N[C@](C)(C#N)C3CC3)s2)c1. The first kappa shape index (κ1) is 17.7. The molecule has 1 aliphatic carbocycles. The lowest BCUT2D eigenvalue weighted by molar-refractivity contribution is -0.119. The molecule has 2 aromatic rings. The molecule has 6 nitrogen and oxygen atoms in total. The van der Waals surface area contributed by atoms with Crippen LogP contribution in [-0.2, 0) is 4.79 Å². The lowest BCUT2D eigenvalue weighted by Gasteiger charge is -2.22. The number of carbonyl (C=O) groups is 1. The summed E-state index contributed by atoms with van der Waals surface area (Å²) in [6.45, 7) is 3.82. The second-order valence-corrected chi connectivity index (χ2v) is 8.49. The van der Waals surface area contributed by atoms with Gasteiger partial charge in [-0.15, -0.1) is 10.2 Å². The van der Waals surface area contributed by atoms with Gasteiger partial charge in [0.05, 0.1) is 11.8 Å². The maximum atomic E-state index is 12.1. The lowest BCUT2D eigenvalue weighted by atomic mass is 9.98. The summed E-state index contributed by atoms with van der Waals surface area (Å²) >= 11 is 2.73. The Morgan fingerprint density at radius 2 is 2.28 bits per heavy atom. The normalized spacial score (nSPS) is 15.9. The number of carbonyl (C=O) groups excluding carboxylic acids is 1. The van der Waals surface area contributed by atoms with E-state index in [9.17, 15) is 10.1 Å². The zero-order valence-electron chi connectivity index (χ0n) is 14.1. The average molecular weight is 374 g/mol. The number of nitrogens with one attached hydrogen (secondary N) is 2. The van der Waals surface area contributed by atoms with E-state index in [2.05, 4.69) is 26.9 Å². The highest BCUT2D eigenvalue weighted by atomic mass is 32.2. The first-order valence-electron chi connectivity index (χ1n) is 8.01. The van der Waals surface area contributed by atoms with Crippen LogP contribution < -0.4 is 10.6 Å².